The van der Waals surface area contributed by atoms with Gasteiger partial charge >= 0.3 is 0 Å². The van der Waals surface area contributed by atoms with Crippen molar-refractivity contribution in [3.8, 4) is 0 Å². The molecule has 1 amide bonds. The number of hydrogen-bond acceptors (Lipinski definition) is 4. The third-order valence-electron chi connectivity index (χ3n) is 4.37. The highest BCUT2D eigenvalue weighted by atomic mass is 32.2. The van der Waals surface area contributed by atoms with Gasteiger partial charge in [-0.3, -0.25) is 9.10 Å². The zero-order valence-electron chi connectivity index (χ0n) is 14.4. The third-order valence-corrected chi connectivity index (χ3v) is 5.55. The third kappa shape index (κ3) is 3.68. The molecular weight excluding hydrogens is 340 g/mol. The minimum atomic E-state index is -3.30. The summed E-state index contributed by atoms with van der Waals surface area (Å²) in [5, 5.41) is 2.87. The number of aryl methyl sites for hydroxylation is 2. The summed E-state index contributed by atoms with van der Waals surface area (Å²) in [7, 11) is -3.30. The van der Waals surface area contributed by atoms with E-state index in [2.05, 4.69) is 10.3 Å². The zero-order valence-corrected chi connectivity index (χ0v) is 15.2. The molecule has 2 heterocycles. The lowest BCUT2D eigenvalue weighted by molar-refractivity contribution is 0.0949. The van der Waals surface area contributed by atoms with E-state index >= 15 is 0 Å². The maximum absolute atomic E-state index is 12.4. The van der Waals surface area contributed by atoms with Gasteiger partial charge in [0.25, 0.3) is 5.91 Å². The van der Waals surface area contributed by atoms with Crippen molar-refractivity contribution >= 4 is 21.6 Å². The highest BCUT2D eigenvalue weighted by Gasteiger charge is 2.24. The first kappa shape index (κ1) is 17.5. The van der Waals surface area contributed by atoms with E-state index in [-0.39, 0.29) is 5.91 Å². The molecule has 2 aromatic rings. The number of nitrogens with one attached hydrogen (secondary N) is 1. The fourth-order valence-corrected chi connectivity index (χ4v) is 4.10. The average molecular weight is 362 g/mol. The van der Waals surface area contributed by atoms with Gasteiger partial charge in [0, 0.05) is 31.0 Å². The summed E-state index contributed by atoms with van der Waals surface area (Å²) < 4.78 is 27.2. The predicted octanol–water partition coefficient (Wildman–Crippen LogP) is 1.55. The van der Waals surface area contributed by atoms with Crippen LogP contribution in [0.15, 0.2) is 30.6 Å². The molecule has 3 rings (SSSR count). The Labute approximate surface area is 147 Å². The number of amides is 1. The first-order valence-electron chi connectivity index (χ1n) is 8.29. The second-order valence-corrected chi connectivity index (χ2v) is 8.00. The zero-order chi connectivity index (χ0) is 18.0. The maximum Gasteiger partial charge on any atom is 0.251 e. The molecule has 0 bridgehead atoms. The van der Waals surface area contributed by atoms with E-state index < -0.39 is 10.0 Å². The van der Waals surface area contributed by atoms with Gasteiger partial charge in [-0.15, -0.1) is 0 Å². The molecule has 0 spiro atoms. The first-order valence-corrected chi connectivity index (χ1v) is 10.1. The molecule has 0 radical (unpaired) electrons. The predicted molar refractivity (Wildman–Crippen MR) is 96.0 cm³/mol. The maximum atomic E-state index is 12.4. The summed E-state index contributed by atoms with van der Waals surface area (Å²) in [6, 6.07) is 5.18. The van der Waals surface area contributed by atoms with Gasteiger partial charge in [-0.1, -0.05) is 0 Å². The molecule has 7 nitrogen and oxygen atoms in total. The number of carbonyl (C=O) groups is 1. The van der Waals surface area contributed by atoms with E-state index in [1.807, 2.05) is 17.7 Å². The van der Waals surface area contributed by atoms with Gasteiger partial charge in [-0.05, 0) is 43.5 Å². The van der Waals surface area contributed by atoms with E-state index in [1.54, 1.807) is 24.4 Å². The number of fused-ring (bicyclic) bond motifs is 1. The Hall–Kier alpha value is -2.35. The molecule has 8 heteroatoms. The van der Waals surface area contributed by atoms with Crippen LogP contribution in [0.4, 0.5) is 5.69 Å². The molecule has 0 aliphatic carbocycles. The van der Waals surface area contributed by atoms with Gasteiger partial charge in [0.1, 0.15) is 5.82 Å². The number of rotatable bonds is 5. The van der Waals surface area contributed by atoms with Crippen LogP contribution in [0, 0.1) is 0 Å². The monoisotopic (exact) mass is 362 g/mol. The van der Waals surface area contributed by atoms with Crippen LogP contribution < -0.4 is 9.62 Å². The molecule has 0 saturated heterocycles. The summed E-state index contributed by atoms with van der Waals surface area (Å²) in [4.78, 5) is 16.7. The molecule has 0 saturated carbocycles. The van der Waals surface area contributed by atoms with Gasteiger partial charge < -0.3 is 9.88 Å². The molecular formula is C17H22N4O3S. The first-order chi connectivity index (χ1) is 11.9. The van der Waals surface area contributed by atoms with Crippen LogP contribution in [0.1, 0.15) is 35.1 Å². The Morgan fingerprint density at radius 1 is 1.36 bits per heavy atom. The van der Waals surface area contributed by atoms with Crippen molar-refractivity contribution in [3.63, 3.8) is 0 Å². The number of carbonyl (C=O) groups excluding carboxylic acids is 1. The number of hydrogen-bond donors (Lipinski definition) is 1. The fraction of sp³-hybridized carbons (Fsp3) is 0.412. The SMILES string of the molecule is CCn1ccnc1CNC(=O)c1ccc2c(c1)CCCN2S(C)(=O)=O. The van der Waals surface area contributed by atoms with Crippen molar-refractivity contribution in [2.24, 2.45) is 0 Å². The summed E-state index contributed by atoms with van der Waals surface area (Å²) in [5.41, 5.74) is 2.09. The molecule has 1 aliphatic heterocycles. The molecule has 1 N–H and O–H groups in total. The van der Waals surface area contributed by atoms with Crippen LogP contribution >= 0.6 is 0 Å². The van der Waals surface area contributed by atoms with Gasteiger partial charge in [-0.25, -0.2) is 13.4 Å². The van der Waals surface area contributed by atoms with Crippen molar-refractivity contribution in [3.05, 3.63) is 47.5 Å². The van der Waals surface area contributed by atoms with Gasteiger partial charge in [0.15, 0.2) is 0 Å². The van der Waals surface area contributed by atoms with E-state index in [0.717, 1.165) is 30.8 Å². The number of sulfonamides is 1. The number of anilines is 1. The number of nitrogens with zero attached hydrogens (tertiary/aromatic N) is 3. The Bertz CT molecular complexity index is 889. The number of aromatic nitrogens is 2. The topological polar surface area (TPSA) is 84.3 Å². The van der Waals surface area contributed by atoms with Crippen LogP contribution in [-0.4, -0.2) is 36.7 Å². The number of benzene rings is 1. The fourth-order valence-electron chi connectivity index (χ4n) is 3.10. The second-order valence-electron chi connectivity index (χ2n) is 6.09. The van der Waals surface area contributed by atoms with E-state index in [9.17, 15) is 13.2 Å². The molecule has 25 heavy (non-hydrogen) atoms. The second kappa shape index (κ2) is 6.87. The molecule has 0 fully saturated rings. The molecule has 1 aliphatic rings. The molecule has 1 aromatic heterocycles. The van der Waals surface area contributed by atoms with Crippen LogP contribution in [0.25, 0.3) is 0 Å². The highest BCUT2D eigenvalue weighted by Crippen LogP contribution is 2.29. The van der Waals surface area contributed by atoms with Crippen molar-refractivity contribution in [1.29, 1.82) is 0 Å². The van der Waals surface area contributed by atoms with Crippen LogP contribution in [-0.2, 0) is 29.5 Å². The normalized spacial score (nSPS) is 14.2. The minimum absolute atomic E-state index is 0.190. The Balaban J connectivity index is 1.76. The van der Waals surface area contributed by atoms with E-state index in [4.69, 9.17) is 0 Å². The molecule has 134 valence electrons. The molecule has 1 aromatic carbocycles. The van der Waals surface area contributed by atoms with Crippen LogP contribution in [0.2, 0.25) is 0 Å². The lowest BCUT2D eigenvalue weighted by Gasteiger charge is -2.29. The minimum Gasteiger partial charge on any atom is -0.345 e. The Kier molecular flexibility index (Phi) is 4.80. The van der Waals surface area contributed by atoms with Crippen LogP contribution in [0.3, 0.4) is 0 Å². The van der Waals surface area contributed by atoms with Gasteiger partial charge in [-0.2, -0.15) is 0 Å². The van der Waals surface area contributed by atoms with E-state index in [0.29, 0.717) is 24.3 Å². The molecule has 0 atom stereocenters. The lowest BCUT2D eigenvalue weighted by Crippen LogP contribution is -2.34. The Morgan fingerprint density at radius 3 is 2.88 bits per heavy atom. The van der Waals surface area contributed by atoms with Gasteiger partial charge in [0.05, 0.1) is 18.5 Å². The smallest absolute Gasteiger partial charge is 0.251 e. The van der Waals surface area contributed by atoms with Crippen molar-refractivity contribution in [2.45, 2.75) is 32.9 Å². The van der Waals surface area contributed by atoms with E-state index in [1.165, 1.54) is 10.6 Å². The van der Waals surface area contributed by atoms with Crippen molar-refractivity contribution in [2.75, 3.05) is 17.1 Å². The number of imidazole rings is 1. The van der Waals surface area contributed by atoms with Gasteiger partial charge in [0.2, 0.25) is 10.0 Å². The standard InChI is InChI=1S/C17H22N4O3S/c1-3-20-10-8-18-16(20)12-19-17(22)14-6-7-15-13(11-14)5-4-9-21(15)25(2,23)24/h6-8,10-11H,3-5,9,12H2,1-2H3,(H,19,22). The summed E-state index contributed by atoms with van der Waals surface area (Å²) >= 11 is 0. The summed E-state index contributed by atoms with van der Waals surface area (Å²) in [6.45, 7) is 3.65. The van der Waals surface area contributed by atoms with Crippen molar-refractivity contribution < 1.29 is 13.2 Å². The largest absolute Gasteiger partial charge is 0.345 e. The summed E-state index contributed by atoms with van der Waals surface area (Å²) in [5.74, 6) is 0.613. The lowest BCUT2D eigenvalue weighted by atomic mass is 10.0. The average Bonchev–Trinajstić information content (AvgIpc) is 3.05. The summed E-state index contributed by atoms with van der Waals surface area (Å²) in [6.07, 6.45) is 6.31. The highest BCUT2D eigenvalue weighted by molar-refractivity contribution is 7.92. The quantitative estimate of drug-likeness (QED) is 0.874. The van der Waals surface area contributed by atoms with Crippen molar-refractivity contribution in [1.82, 2.24) is 14.9 Å². The molecule has 0 unspecified atom stereocenters. The van der Waals surface area contributed by atoms with Crippen LogP contribution in [0.5, 0.6) is 0 Å². The Morgan fingerprint density at radius 2 is 2.16 bits per heavy atom.